The number of unbranched alkanes of at least 4 members (excludes halogenated alkanes) is 13. The number of carbonyl (C=O) groups excluding carboxylic acids is 1. The van der Waals surface area contributed by atoms with Crippen LogP contribution in [0.15, 0.2) is 30.6 Å². The Morgan fingerprint density at radius 2 is 1.04 bits per heavy atom. The Morgan fingerprint density at radius 3 is 1.50 bits per heavy atom. The molecule has 2 heteroatoms. The number of carbonyl (C=O) groups is 1. The largest absolute Gasteiger partial charge is 0.392 e. The lowest BCUT2D eigenvalue weighted by molar-refractivity contribution is -0.574. The Kier molecular flexibility index (Phi) is 13.3. The molecule has 0 N–H and O–H groups in total. The molecule has 0 saturated carbocycles. The normalized spacial score (nSPS) is 10.9. The van der Waals surface area contributed by atoms with Crippen LogP contribution in [0.25, 0.3) is 0 Å². The van der Waals surface area contributed by atoms with Gasteiger partial charge in [0.05, 0.1) is 6.42 Å². The van der Waals surface area contributed by atoms with Crippen molar-refractivity contribution >= 4 is 5.91 Å². The number of hydrogen-bond donors (Lipinski definition) is 0. The first-order chi connectivity index (χ1) is 11.8. The van der Waals surface area contributed by atoms with Crippen molar-refractivity contribution < 1.29 is 9.36 Å². The van der Waals surface area contributed by atoms with Crippen LogP contribution in [0.2, 0.25) is 0 Å². The summed E-state index contributed by atoms with van der Waals surface area (Å²) in [7, 11) is 0. The van der Waals surface area contributed by atoms with E-state index in [2.05, 4.69) is 6.92 Å². The summed E-state index contributed by atoms with van der Waals surface area (Å²) in [6, 6.07) is 5.75. The summed E-state index contributed by atoms with van der Waals surface area (Å²) in [5.74, 6) is 0.217. The molecule has 0 aromatic carbocycles. The molecule has 0 aliphatic heterocycles. The van der Waals surface area contributed by atoms with Crippen molar-refractivity contribution in [3.8, 4) is 0 Å². The quantitative estimate of drug-likeness (QED) is 0.266. The minimum atomic E-state index is 0.217. The van der Waals surface area contributed by atoms with Gasteiger partial charge in [0, 0.05) is 12.1 Å². The summed E-state index contributed by atoms with van der Waals surface area (Å²) in [6.45, 7) is 2.28. The van der Waals surface area contributed by atoms with Gasteiger partial charge >= 0.3 is 5.91 Å². The van der Waals surface area contributed by atoms with Gasteiger partial charge < -0.3 is 0 Å². The van der Waals surface area contributed by atoms with Crippen LogP contribution in [0.1, 0.15) is 108 Å². The van der Waals surface area contributed by atoms with Crippen molar-refractivity contribution in [2.75, 3.05) is 0 Å². The van der Waals surface area contributed by atoms with Crippen molar-refractivity contribution in [1.29, 1.82) is 0 Å². The molecule has 0 amide bonds. The van der Waals surface area contributed by atoms with Crippen LogP contribution < -0.4 is 4.57 Å². The maximum Gasteiger partial charge on any atom is 0.392 e. The Hall–Kier alpha value is -1.18. The van der Waals surface area contributed by atoms with Crippen LogP contribution in [-0.4, -0.2) is 5.91 Å². The number of nitrogens with zero attached hydrogens (tertiary/aromatic N) is 1. The number of pyridine rings is 1. The lowest BCUT2D eigenvalue weighted by Crippen LogP contribution is -2.41. The van der Waals surface area contributed by atoms with E-state index in [4.69, 9.17) is 0 Å². The summed E-state index contributed by atoms with van der Waals surface area (Å²) < 4.78 is 1.70. The Balaban J connectivity index is 1.80. The zero-order valence-corrected chi connectivity index (χ0v) is 15.8. The van der Waals surface area contributed by atoms with Gasteiger partial charge in [-0.05, 0) is 6.42 Å². The second-order valence-corrected chi connectivity index (χ2v) is 7.02. The summed E-state index contributed by atoms with van der Waals surface area (Å²) in [4.78, 5) is 11.9. The third-order valence-electron chi connectivity index (χ3n) is 4.75. The Bertz CT molecular complexity index is 402. The molecule has 2 nitrogen and oxygen atoms in total. The molecular formula is C22H38NO+. The SMILES string of the molecule is CCCCCCCCCCCCCCCCC(=O)[n+]1ccccc1. The zero-order chi connectivity index (χ0) is 17.3. The fourth-order valence-corrected chi connectivity index (χ4v) is 3.16. The maximum absolute atomic E-state index is 11.9. The first kappa shape index (κ1) is 20.9. The van der Waals surface area contributed by atoms with Gasteiger partial charge in [-0.15, -0.1) is 4.57 Å². The summed E-state index contributed by atoms with van der Waals surface area (Å²) in [5, 5.41) is 0. The van der Waals surface area contributed by atoms with Crippen LogP contribution in [-0.2, 0) is 0 Å². The lowest BCUT2D eigenvalue weighted by atomic mass is 10.0. The molecule has 0 bridgehead atoms. The fourth-order valence-electron chi connectivity index (χ4n) is 3.16. The minimum Gasteiger partial charge on any atom is -0.219 e. The highest BCUT2D eigenvalue weighted by Crippen LogP contribution is 2.13. The molecule has 0 aliphatic carbocycles. The molecule has 136 valence electrons. The number of aromatic nitrogens is 1. The van der Waals surface area contributed by atoms with Crippen LogP contribution in [0.3, 0.4) is 0 Å². The minimum absolute atomic E-state index is 0.217. The molecule has 1 aromatic rings. The van der Waals surface area contributed by atoms with E-state index in [1.807, 2.05) is 30.6 Å². The molecule has 0 radical (unpaired) electrons. The zero-order valence-electron chi connectivity index (χ0n) is 15.8. The number of rotatable bonds is 15. The third-order valence-corrected chi connectivity index (χ3v) is 4.75. The number of hydrogen-bond acceptors (Lipinski definition) is 1. The third kappa shape index (κ3) is 11.4. The van der Waals surface area contributed by atoms with Crippen LogP contribution in [0.4, 0.5) is 0 Å². The average molecular weight is 333 g/mol. The molecule has 1 aromatic heterocycles. The van der Waals surface area contributed by atoms with Gasteiger partial charge in [-0.3, -0.25) is 0 Å². The van der Waals surface area contributed by atoms with Crippen LogP contribution in [0.5, 0.6) is 0 Å². The molecule has 1 rings (SSSR count). The van der Waals surface area contributed by atoms with Gasteiger partial charge in [0.15, 0.2) is 12.4 Å². The van der Waals surface area contributed by atoms with Gasteiger partial charge in [-0.1, -0.05) is 96.5 Å². The molecule has 0 unspecified atom stereocenters. The highest BCUT2D eigenvalue weighted by molar-refractivity contribution is 5.66. The predicted molar refractivity (Wildman–Crippen MR) is 102 cm³/mol. The van der Waals surface area contributed by atoms with E-state index in [1.54, 1.807) is 4.57 Å². The van der Waals surface area contributed by atoms with Gasteiger partial charge in [-0.25, -0.2) is 4.79 Å². The standard InChI is InChI=1S/C22H38NO/c1-2-3-4-5-6-7-8-9-10-11-12-13-14-16-19-22(24)23-20-17-15-18-21-23/h15,17-18,20-21H,2-14,16,19H2,1H3/q+1. The van der Waals surface area contributed by atoms with E-state index in [1.165, 1.54) is 83.5 Å². The highest BCUT2D eigenvalue weighted by Gasteiger charge is 2.11. The maximum atomic E-state index is 11.9. The van der Waals surface area contributed by atoms with E-state index in [0.717, 1.165) is 6.42 Å². The van der Waals surface area contributed by atoms with Crippen LogP contribution in [0, 0.1) is 0 Å². The van der Waals surface area contributed by atoms with E-state index < -0.39 is 0 Å². The molecule has 0 spiro atoms. The summed E-state index contributed by atoms with van der Waals surface area (Å²) >= 11 is 0. The molecule has 0 fully saturated rings. The molecule has 0 atom stereocenters. The second kappa shape index (κ2) is 15.4. The highest BCUT2D eigenvalue weighted by atomic mass is 16.1. The first-order valence-electron chi connectivity index (χ1n) is 10.3. The van der Waals surface area contributed by atoms with Crippen molar-refractivity contribution in [3.05, 3.63) is 30.6 Å². The Morgan fingerprint density at radius 1 is 0.625 bits per heavy atom. The monoisotopic (exact) mass is 332 g/mol. The van der Waals surface area contributed by atoms with Gasteiger partial charge in [0.25, 0.3) is 0 Å². The first-order valence-corrected chi connectivity index (χ1v) is 10.3. The molecule has 1 heterocycles. The van der Waals surface area contributed by atoms with Crippen molar-refractivity contribution in [2.24, 2.45) is 0 Å². The van der Waals surface area contributed by atoms with Crippen molar-refractivity contribution in [1.82, 2.24) is 0 Å². The molecule has 0 saturated heterocycles. The van der Waals surface area contributed by atoms with Crippen LogP contribution >= 0.6 is 0 Å². The average Bonchev–Trinajstić information content (AvgIpc) is 2.62. The topological polar surface area (TPSA) is 20.9 Å². The molecule has 0 aliphatic rings. The molecular weight excluding hydrogens is 294 g/mol. The van der Waals surface area contributed by atoms with Gasteiger partial charge in [0.1, 0.15) is 0 Å². The van der Waals surface area contributed by atoms with Crippen molar-refractivity contribution in [2.45, 2.75) is 103 Å². The van der Waals surface area contributed by atoms with E-state index in [0.29, 0.717) is 6.42 Å². The van der Waals surface area contributed by atoms with E-state index in [9.17, 15) is 4.79 Å². The van der Waals surface area contributed by atoms with E-state index in [-0.39, 0.29) is 5.91 Å². The fraction of sp³-hybridized carbons (Fsp3) is 0.727. The molecule has 24 heavy (non-hydrogen) atoms. The van der Waals surface area contributed by atoms with Gasteiger partial charge in [0.2, 0.25) is 0 Å². The van der Waals surface area contributed by atoms with Crippen molar-refractivity contribution in [3.63, 3.8) is 0 Å². The smallest absolute Gasteiger partial charge is 0.219 e. The predicted octanol–water partition coefficient (Wildman–Crippen LogP) is 6.49. The lowest BCUT2D eigenvalue weighted by Gasteiger charge is -2.02. The summed E-state index contributed by atoms with van der Waals surface area (Å²) in [5.41, 5.74) is 0. The van der Waals surface area contributed by atoms with Gasteiger partial charge in [-0.2, -0.15) is 0 Å². The van der Waals surface area contributed by atoms with E-state index >= 15 is 0 Å². The summed E-state index contributed by atoms with van der Waals surface area (Å²) in [6.07, 6.45) is 23.3. The second-order valence-electron chi connectivity index (χ2n) is 7.02. The Labute approximate surface area is 149 Å².